The fourth-order valence-electron chi connectivity index (χ4n) is 1.95. The van der Waals surface area contributed by atoms with Crippen molar-refractivity contribution in [3.63, 3.8) is 0 Å². The van der Waals surface area contributed by atoms with Crippen LogP contribution in [0.25, 0.3) is 5.69 Å². The van der Waals surface area contributed by atoms with Crippen molar-refractivity contribution in [1.82, 2.24) is 4.57 Å². The number of aromatic nitrogens is 1. The van der Waals surface area contributed by atoms with E-state index in [0.29, 0.717) is 0 Å². The lowest BCUT2D eigenvalue weighted by Gasteiger charge is -2.09. The van der Waals surface area contributed by atoms with Crippen molar-refractivity contribution in [3.05, 3.63) is 50.8 Å². The Kier molecular flexibility index (Phi) is 4.01. The largest absolute Gasteiger partial charge is 0.464 e. The highest BCUT2D eigenvalue weighted by Crippen LogP contribution is 2.31. The summed E-state index contributed by atoms with van der Waals surface area (Å²) in [4.78, 5) is 22.4. The van der Waals surface area contributed by atoms with Crippen LogP contribution >= 0.6 is 11.6 Å². The summed E-state index contributed by atoms with van der Waals surface area (Å²) in [5.41, 5.74) is 5.18. The van der Waals surface area contributed by atoms with E-state index in [4.69, 9.17) is 22.6 Å². The highest BCUT2D eigenvalue weighted by atomic mass is 35.5. The number of benzene rings is 1. The minimum Gasteiger partial charge on any atom is -0.464 e. The van der Waals surface area contributed by atoms with Gasteiger partial charge in [-0.15, -0.1) is 0 Å². The van der Waals surface area contributed by atoms with E-state index in [0.717, 1.165) is 17.7 Å². The van der Waals surface area contributed by atoms with E-state index >= 15 is 0 Å². The molecule has 2 aromatic rings. The molecule has 0 bridgehead atoms. The van der Waals surface area contributed by atoms with Crippen molar-refractivity contribution in [3.8, 4) is 11.8 Å². The molecule has 0 spiro atoms. The Morgan fingerprint density at radius 3 is 2.77 bits per heavy atom. The number of methoxy groups -OCH3 is 1. The number of esters is 1. The van der Waals surface area contributed by atoms with Gasteiger partial charge in [-0.3, -0.25) is 10.1 Å². The van der Waals surface area contributed by atoms with Crippen molar-refractivity contribution < 1.29 is 14.5 Å². The monoisotopic (exact) mass is 320 g/mol. The number of nitriles is 1. The molecule has 9 heteroatoms. The Bertz CT molecular complexity index is 822. The zero-order chi connectivity index (χ0) is 16.4. The molecule has 0 radical (unpaired) electrons. The lowest BCUT2D eigenvalue weighted by atomic mass is 10.2. The molecular formula is C13H9ClN4O4. The third kappa shape index (κ3) is 2.45. The molecule has 0 aliphatic carbocycles. The fraction of sp³-hybridized carbons (Fsp3) is 0.0769. The van der Waals surface area contributed by atoms with Gasteiger partial charge in [0.2, 0.25) is 0 Å². The van der Waals surface area contributed by atoms with Gasteiger partial charge in [-0.1, -0.05) is 11.6 Å². The predicted octanol–water partition coefficient (Wildman–Crippen LogP) is 2.28. The average molecular weight is 321 g/mol. The first kappa shape index (κ1) is 15.3. The quantitative estimate of drug-likeness (QED) is 0.525. The summed E-state index contributed by atoms with van der Waals surface area (Å²) >= 11 is 5.76. The predicted molar refractivity (Wildman–Crippen MR) is 77.9 cm³/mol. The zero-order valence-electron chi connectivity index (χ0n) is 11.2. The number of halogens is 1. The van der Waals surface area contributed by atoms with Crippen molar-refractivity contribution in [2.24, 2.45) is 0 Å². The number of hydrogen-bond donors (Lipinski definition) is 1. The molecule has 1 aromatic carbocycles. The molecule has 0 saturated heterocycles. The third-order valence-electron chi connectivity index (χ3n) is 2.94. The van der Waals surface area contributed by atoms with Gasteiger partial charge < -0.3 is 15.0 Å². The number of ether oxygens (including phenoxy) is 1. The molecule has 0 saturated carbocycles. The Balaban J connectivity index is 2.81. The van der Waals surface area contributed by atoms with Crippen molar-refractivity contribution in [2.75, 3.05) is 12.8 Å². The van der Waals surface area contributed by atoms with Gasteiger partial charge in [0.05, 0.1) is 23.3 Å². The van der Waals surface area contributed by atoms with Gasteiger partial charge in [0, 0.05) is 17.3 Å². The number of anilines is 1. The van der Waals surface area contributed by atoms with Crippen LogP contribution in [0.3, 0.4) is 0 Å². The summed E-state index contributed by atoms with van der Waals surface area (Å²) in [6, 6.07) is 5.73. The van der Waals surface area contributed by atoms with Crippen molar-refractivity contribution in [1.29, 1.82) is 5.26 Å². The highest BCUT2D eigenvalue weighted by molar-refractivity contribution is 6.30. The Labute approximate surface area is 129 Å². The van der Waals surface area contributed by atoms with Crippen molar-refractivity contribution in [2.45, 2.75) is 0 Å². The van der Waals surface area contributed by atoms with Gasteiger partial charge >= 0.3 is 5.97 Å². The van der Waals surface area contributed by atoms with E-state index in [2.05, 4.69) is 4.74 Å². The maximum atomic E-state index is 11.9. The molecule has 1 aromatic heterocycles. The minimum absolute atomic E-state index is 0.00430. The highest BCUT2D eigenvalue weighted by Gasteiger charge is 2.26. The smallest absolute Gasteiger partial charge is 0.357 e. The second-order valence-corrected chi connectivity index (χ2v) is 4.61. The molecule has 0 aliphatic heterocycles. The lowest BCUT2D eigenvalue weighted by molar-refractivity contribution is -0.384. The van der Waals surface area contributed by atoms with Crippen LogP contribution in [0.5, 0.6) is 0 Å². The van der Waals surface area contributed by atoms with Crippen LogP contribution in [-0.4, -0.2) is 22.6 Å². The SMILES string of the molecule is COC(=O)c1c(N)c(C#N)cn1-c1ccc(Cl)cc1[N+](=O)[O-]. The summed E-state index contributed by atoms with van der Waals surface area (Å²) < 4.78 is 5.76. The van der Waals surface area contributed by atoms with E-state index in [1.54, 1.807) is 0 Å². The van der Waals surface area contributed by atoms with Gasteiger partial charge in [-0.2, -0.15) is 5.26 Å². The number of carbonyl (C=O) groups is 1. The maximum Gasteiger partial charge on any atom is 0.357 e. The Morgan fingerprint density at radius 2 is 2.23 bits per heavy atom. The average Bonchev–Trinajstić information content (AvgIpc) is 2.83. The van der Waals surface area contributed by atoms with Gasteiger partial charge in [-0.25, -0.2) is 4.79 Å². The fourth-order valence-corrected chi connectivity index (χ4v) is 2.12. The minimum atomic E-state index is -0.816. The topological polar surface area (TPSA) is 124 Å². The third-order valence-corrected chi connectivity index (χ3v) is 3.17. The molecular weight excluding hydrogens is 312 g/mol. The van der Waals surface area contributed by atoms with Gasteiger partial charge in [0.15, 0.2) is 5.69 Å². The molecule has 8 nitrogen and oxygen atoms in total. The van der Waals surface area contributed by atoms with Crippen LogP contribution in [0.1, 0.15) is 16.1 Å². The molecule has 0 amide bonds. The van der Waals surface area contributed by atoms with Crippen LogP contribution in [0, 0.1) is 21.4 Å². The molecule has 2 N–H and O–H groups in total. The molecule has 112 valence electrons. The van der Waals surface area contributed by atoms with Crippen LogP contribution in [0.4, 0.5) is 11.4 Å². The van der Waals surface area contributed by atoms with E-state index in [1.165, 1.54) is 18.3 Å². The number of rotatable bonds is 3. The normalized spacial score (nSPS) is 10.0. The van der Waals surface area contributed by atoms with Crippen molar-refractivity contribution >= 4 is 28.9 Å². The molecule has 2 rings (SSSR count). The van der Waals surface area contributed by atoms with Gasteiger partial charge in [-0.05, 0) is 12.1 Å². The molecule has 0 aliphatic rings. The summed E-state index contributed by atoms with van der Waals surface area (Å²) in [6.07, 6.45) is 1.23. The molecule has 0 fully saturated rings. The number of nitro benzene ring substituents is 1. The second kappa shape index (κ2) is 5.75. The lowest BCUT2D eigenvalue weighted by Crippen LogP contribution is -2.12. The van der Waals surface area contributed by atoms with Gasteiger partial charge in [0.25, 0.3) is 5.69 Å². The van der Waals surface area contributed by atoms with E-state index in [-0.39, 0.29) is 33.3 Å². The first-order valence-corrected chi connectivity index (χ1v) is 6.22. The number of nitro groups is 1. The number of nitrogens with two attached hydrogens (primary N) is 1. The van der Waals surface area contributed by atoms with Crippen LogP contribution in [0.15, 0.2) is 24.4 Å². The number of hydrogen-bond acceptors (Lipinski definition) is 6. The zero-order valence-corrected chi connectivity index (χ0v) is 12.0. The first-order valence-electron chi connectivity index (χ1n) is 5.84. The summed E-state index contributed by atoms with van der Waals surface area (Å²) in [5, 5.41) is 20.4. The maximum absolute atomic E-state index is 11.9. The standard InChI is InChI=1S/C13H9ClN4O4/c1-22-13(19)12-11(16)7(5-15)6-17(12)9-3-2-8(14)4-10(9)18(20)21/h2-4,6H,16H2,1H3. The summed E-state index contributed by atoms with van der Waals surface area (Å²) in [7, 11) is 1.14. The Morgan fingerprint density at radius 1 is 1.55 bits per heavy atom. The summed E-state index contributed by atoms with van der Waals surface area (Å²) in [5.74, 6) is -0.816. The molecule has 0 unspecified atom stereocenters. The molecule has 1 heterocycles. The number of nitrogens with zero attached hydrogens (tertiary/aromatic N) is 3. The molecule has 0 atom stereocenters. The number of carbonyl (C=O) groups excluding carboxylic acids is 1. The first-order chi connectivity index (χ1) is 10.4. The second-order valence-electron chi connectivity index (χ2n) is 4.17. The molecule has 22 heavy (non-hydrogen) atoms. The van der Waals surface area contributed by atoms with Crippen LogP contribution < -0.4 is 5.73 Å². The van der Waals surface area contributed by atoms with E-state index < -0.39 is 10.9 Å². The van der Waals surface area contributed by atoms with Crippen LogP contribution in [0.2, 0.25) is 5.02 Å². The van der Waals surface area contributed by atoms with Crippen LogP contribution in [-0.2, 0) is 4.74 Å². The number of nitrogen functional groups attached to an aromatic ring is 1. The Hall–Kier alpha value is -3.05. The van der Waals surface area contributed by atoms with E-state index in [1.807, 2.05) is 6.07 Å². The summed E-state index contributed by atoms with van der Waals surface area (Å²) in [6.45, 7) is 0. The van der Waals surface area contributed by atoms with Gasteiger partial charge in [0.1, 0.15) is 11.8 Å². The van der Waals surface area contributed by atoms with E-state index in [9.17, 15) is 14.9 Å².